The fraction of sp³-hybridized carbons (Fsp3) is 0.625. The molecule has 2 aliphatic heterocycles. The summed E-state index contributed by atoms with van der Waals surface area (Å²) < 4.78 is 6.19. The molecular weight excluding hydrogens is 258 g/mol. The zero-order chi connectivity index (χ0) is 13.7. The fourth-order valence-corrected chi connectivity index (χ4v) is 3.46. The van der Waals surface area contributed by atoms with Gasteiger partial charge in [0.2, 0.25) is 0 Å². The molecule has 0 aromatic heterocycles. The SMILES string of the molecule is CC(C)(C)C1C[C@@]2(CCCO2)c2cc(Cl)ccc2N1. The summed E-state index contributed by atoms with van der Waals surface area (Å²) in [6, 6.07) is 6.56. The van der Waals surface area contributed by atoms with Gasteiger partial charge in [-0.05, 0) is 36.5 Å². The van der Waals surface area contributed by atoms with Gasteiger partial charge >= 0.3 is 0 Å². The zero-order valence-corrected chi connectivity index (χ0v) is 12.7. The summed E-state index contributed by atoms with van der Waals surface area (Å²) in [6.07, 6.45) is 3.28. The molecule has 0 aliphatic carbocycles. The van der Waals surface area contributed by atoms with E-state index in [0.29, 0.717) is 6.04 Å². The summed E-state index contributed by atoms with van der Waals surface area (Å²) >= 11 is 6.18. The molecule has 0 amide bonds. The van der Waals surface area contributed by atoms with E-state index in [1.807, 2.05) is 6.07 Å². The number of hydrogen-bond donors (Lipinski definition) is 1. The van der Waals surface area contributed by atoms with Gasteiger partial charge in [0.25, 0.3) is 0 Å². The van der Waals surface area contributed by atoms with Gasteiger partial charge in [0.1, 0.15) is 0 Å². The molecule has 1 fully saturated rings. The Balaban J connectivity index is 2.07. The number of fused-ring (bicyclic) bond motifs is 2. The predicted molar refractivity (Wildman–Crippen MR) is 79.8 cm³/mol. The van der Waals surface area contributed by atoms with Crippen LogP contribution in [0.25, 0.3) is 0 Å². The number of ether oxygens (including phenoxy) is 1. The van der Waals surface area contributed by atoms with Crippen LogP contribution < -0.4 is 5.32 Å². The van der Waals surface area contributed by atoms with E-state index in [4.69, 9.17) is 16.3 Å². The number of benzene rings is 1. The summed E-state index contributed by atoms with van der Waals surface area (Å²) in [4.78, 5) is 0. The van der Waals surface area contributed by atoms with Crippen molar-refractivity contribution in [2.24, 2.45) is 5.41 Å². The Morgan fingerprint density at radius 2 is 2.16 bits per heavy atom. The van der Waals surface area contributed by atoms with Crippen LogP contribution in [0.4, 0.5) is 5.69 Å². The van der Waals surface area contributed by atoms with Crippen LogP contribution in [-0.2, 0) is 10.3 Å². The Hall–Kier alpha value is -0.730. The van der Waals surface area contributed by atoms with Crippen molar-refractivity contribution in [3.8, 4) is 0 Å². The lowest BCUT2D eigenvalue weighted by Crippen LogP contribution is -2.45. The van der Waals surface area contributed by atoms with E-state index in [-0.39, 0.29) is 11.0 Å². The molecule has 1 aromatic rings. The summed E-state index contributed by atoms with van der Waals surface area (Å²) in [5, 5.41) is 4.47. The third kappa shape index (κ3) is 2.25. The van der Waals surface area contributed by atoms with Gasteiger partial charge < -0.3 is 10.1 Å². The minimum Gasteiger partial charge on any atom is -0.381 e. The van der Waals surface area contributed by atoms with E-state index in [0.717, 1.165) is 30.9 Å². The predicted octanol–water partition coefficient (Wildman–Crippen LogP) is 4.58. The minimum absolute atomic E-state index is 0.122. The van der Waals surface area contributed by atoms with Crippen LogP contribution >= 0.6 is 11.6 Å². The molecule has 2 atom stereocenters. The Morgan fingerprint density at radius 3 is 2.79 bits per heavy atom. The van der Waals surface area contributed by atoms with E-state index >= 15 is 0 Å². The van der Waals surface area contributed by atoms with Gasteiger partial charge in [-0.2, -0.15) is 0 Å². The Bertz CT molecular complexity index is 486. The fourth-order valence-electron chi connectivity index (χ4n) is 3.29. The van der Waals surface area contributed by atoms with Crippen LogP contribution in [0.15, 0.2) is 18.2 Å². The summed E-state index contributed by atoms with van der Waals surface area (Å²) in [5.41, 5.74) is 2.54. The Labute approximate surface area is 120 Å². The highest BCUT2D eigenvalue weighted by atomic mass is 35.5. The maximum absolute atomic E-state index is 6.19. The molecule has 2 aliphatic rings. The zero-order valence-electron chi connectivity index (χ0n) is 11.9. The van der Waals surface area contributed by atoms with E-state index in [2.05, 4.69) is 38.2 Å². The smallest absolute Gasteiger partial charge is 0.0972 e. The molecule has 0 bridgehead atoms. The molecule has 1 saturated heterocycles. The van der Waals surface area contributed by atoms with Crippen LogP contribution in [-0.4, -0.2) is 12.6 Å². The second kappa shape index (κ2) is 4.39. The first kappa shape index (κ1) is 13.3. The van der Waals surface area contributed by atoms with Crippen LogP contribution in [0.3, 0.4) is 0 Å². The Morgan fingerprint density at radius 1 is 1.37 bits per heavy atom. The molecule has 1 spiro atoms. The van der Waals surface area contributed by atoms with Gasteiger partial charge in [-0.3, -0.25) is 0 Å². The van der Waals surface area contributed by atoms with Gasteiger partial charge in [-0.25, -0.2) is 0 Å². The molecule has 2 nitrogen and oxygen atoms in total. The van der Waals surface area contributed by atoms with Gasteiger partial charge in [-0.1, -0.05) is 32.4 Å². The summed E-state index contributed by atoms with van der Waals surface area (Å²) in [6.45, 7) is 7.72. The van der Waals surface area contributed by atoms with Gasteiger partial charge in [0.05, 0.1) is 5.60 Å². The average molecular weight is 280 g/mol. The van der Waals surface area contributed by atoms with Crippen molar-refractivity contribution in [3.63, 3.8) is 0 Å². The van der Waals surface area contributed by atoms with Crippen molar-refractivity contribution >= 4 is 17.3 Å². The number of hydrogen-bond acceptors (Lipinski definition) is 2. The quantitative estimate of drug-likeness (QED) is 0.751. The maximum Gasteiger partial charge on any atom is 0.0972 e. The maximum atomic E-state index is 6.19. The lowest BCUT2D eigenvalue weighted by Gasteiger charge is -2.45. The van der Waals surface area contributed by atoms with Crippen molar-refractivity contribution in [1.29, 1.82) is 0 Å². The lowest BCUT2D eigenvalue weighted by atomic mass is 9.73. The average Bonchev–Trinajstić information content (AvgIpc) is 2.78. The molecule has 3 heteroatoms. The first-order valence-corrected chi connectivity index (χ1v) is 7.49. The van der Waals surface area contributed by atoms with Gasteiger partial charge in [0, 0.05) is 35.3 Å². The third-order valence-corrected chi connectivity index (χ3v) is 4.72. The van der Waals surface area contributed by atoms with Crippen LogP contribution in [0.1, 0.15) is 45.6 Å². The third-order valence-electron chi connectivity index (χ3n) is 4.48. The topological polar surface area (TPSA) is 21.3 Å². The first-order valence-electron chi connectivity index (χ1n) is 7.11. The normalized spacial score (nSPS) is 30.2. The van der Waals surface area contributed by atoms with Crippen molar-refractivity contribution in [3.05, 3.63) is 28.8 Å². The molecule has 1 unspecified atom stereocenters. The largest absolute Gasteiger partial charge is 0.381 e. The molecule has 19 heavy (non-hydrogen) atoms. The van der Waals surface area contributed by atoms with E-state index in [1.165, 1.54) is 11.3 Å². The van der Waals surface area contributed by atoms with Crippen LogP contribution in [0.5, 0.6) is 0 Å². The number of anilines is 1. The summed E-state index contributed by atoms with van der Waals surface area (Å²) in [7, 11) is 0. The van der Waals surface area contributed by atoms with Crippen LogP contribution in [0.2, 0.25) is 5.02 Å². The highest BCUT2D eigenvalue weighted by Gasteiger charge is 2.46. The van der Waals surface area contributed by atoms with E-state index < -0.39 is 0 Å². The molecule has 0 saturated carbocycles. The Kier molecular flexibility index (Phi) is 3.06. The van der Waals surface area contributed by atoms with Crippen molar-refractivity contribution in [2.45, 2.75) is 51.7 Å². The highest BCUT2D eigenvalue weighted by molar-refractivity contribution is 6.30. The highest BCUT2D eigenvalue weighted by Crippen LogP contribution is 2.49. The number of rotatable bonds is 0. The number of nitrogens with one attached hydrogen (secondary N) is 1. The van der Waals surface area contributed by atoms with Crippen molar-refractivity contribution in [1.82, 2.24) is 0 Å². The second-order valence-corrected chi connectivity index (χ2v) is 7.34. The van der Waals surface area contributed by atoms with E-state index in [1.54, 1.807) is 0 Å². The minimum atomic E-state index is -0.122. The van der Waals surface area contributed by atoms with Crippen LogP contribution in [0, 0.1) is 5.41 Å². The molecule has 104 valence electrons. The monoisotopic (exact) mass is 279 g/mol. The first-order chi connectivity index (χ1) is 8.91. The number of halogens is 1. The lowest BCUT2D eigenvalue weighted by molar-refractivity contribution is -0.0220. The van der Waals surface area contributed by atoms with Crippen molar-refractivity contribution < 1.29 is 4.74 Å². The van der Waals surface area contributed by atoms with E-state index in [9.17, 15) is 0 Å². The summed E-state index contributed by atoms with van der Waals surface area (Å²) in [5.74, 6) is 0. The van der Waals surface area contributed by atoms with Gasteiger partial charge in [0.15, 0.2) is 0 Å². The molecule has 1 aromatic carbocycles. The molecule has 1 N–H and O–H groups in total. The second-order valence-electron chi connectivity index (χ2n) is 6.90. The molecule has 3 rings (SSSR count). The molecular formula is C16H22ClNO. The standard InChI is InChI=1S/C16H22ClNO/c1-15(2,3)14-10-16(7-4-8-19-16)12-9-11(17)5-6-13(12)18-14/h5-6,9,14,18H,4,7-8,10H2,1-3H3/t14?,16-/m0/s1. The van der Waals surface area contributed by atoms with Crippen molar-refractivity contribution in [2.75, 3.05) is 11.9 Å². The molecule has 0 radical (unpaired) electrons. The van der Waals surface area contributed by atoms with Gasteiger partial charge in [-0.15, -0.1) is 0 Å². The molecule has 2 heterocycles.